The van der Waals surface area contributed by atoms with E-state index >= 15 is 0 Å². The van der Waals surface area contributed by atoms with E-state index in [1.165, 1.54) is 17.4 Å². The van der Waals surface area contributed by atoms with Crippen LogP contribution in [0.4, 0.5) is 4.39 Å². The largest absolute Gasteiger partial charge is 0.385 e. The molecular weight excluding hydrogens is 223 g/mol. The minimum atomic E-state index is -0.952. The van der Waals surface area contributed by atoms with Gasteiger partial charge in [0, 0.05) is 15.2 Å². The molecule has 1 heterocycles. The minimum absolute atomic E-state index is 0.113. The number of halogens is 1. The van der Waals surface area contributed by atoms with Crippen molar-refractivity contribution < 1.29 is 9.50 Å². The Hall–Kier alpha value is -0.410. The van der Waals surface area contributed by atoms with E-state index < -0.39 is 5.60 Å². The zero-order valence-corrected chi connectivity index (χ0v) is 11.5. The van der Waals surface area contributed by atoms with E-state index in [2.05, 4.69) is 20.8 Å². The molecular formula is C13H21FOS. The van der Waals surface area contributed by atoms with Crippen molar-refractivity contribution in [2.45, 2.75) is 58.5 Å². The van der Waals surface area contributed by atoms with Crippen molar-refractivity contribution in [2.24, 2.45) is 0 Å². The lowest BCUT2D eigenvalue weighted by Gasteiger charge is -2.25. The zero-order chi connectivity index (χ0) is 12.6. The van der Waals surface area contributed by atoms with Crippen molar-refractivity contribution in [1.29, 1.82) is 0 Å². The van der Waals surface area contributed by atoms with Crippen molar-refractivity contribution in [3.63, 3.8) is 0 Å². The van der Waals surface area contributed by atoms with Gasteiger partial charge in [0.25, 0.3) is 0 Å². The molecule has 16 heavy (non-hydrogen) atoms. The van der Waals surface area contributed by atoms with Gasteiger partial charge in [0.15, 0.2) is 0 Å². The normalized spacial score (nSPS) is 13.2. The highest BCUT2D eigenvalue weighted by Gasteiger charge is 2.31. The van der Waals surface area contributed by atoms with E-state index in [1.807, 2.05) is 0 Å². The summed E-state index contributed by atoms with van der Waals surface area (Å²) in [6.45, 7) is 9.61. The highest BCUT2D eigenvalue weighted by atomic mass is 32.1. The van der Waals surface area contributed by atoms with Crippen LogP contribution in [0.1, 0.15) is 57.2 Å². The predicted octanol–water partition coefficient (Wildman–Crippen LogP) is 4.19. The van der Waals surface area contributed by atoms with Crippen LogP contribution in [0.5, 0.6) is 0 Å². The van der Waals surface area contributed by atoms with Crippen LogP contribution in [0.2, 0.25) is 0 Å². The summed E-state index contributed by atoms with van der Waals surface area (Å²) in [7, 11) is 0. The summed E-state index contributed by atoms with van der Waals surface area (Å²) in [5.74, 6) is -0.173. The average molecular weight is 244 g/mol. The van der Waals surface area contributed by atoms with E-state index in [0.717, 1.165) is 17.7 Å². The van der Waals surface area contributed by atoms with Crippen LogP contribution in [-0.2, 0) is 11.0 Å². The second-order valence-electron chi connectivity index (χ2n) is 5.11. The Morgan fingerprint density at radius 1 is 1.25 bits per heavy atom. The molecule has 0 aliphatic carbocycles. The molecule has 0 aliphatic rings. The molecule has 1 aromatic heterocycles. The first-order chi connectivity index (χ1) is 7.24. The number of aliphatic hydroxyl groups is 1. The zero-order valence-electron chi connectivity index (χ0n) is 10.7. The van der Waals surface area contributed by atoms with E-state index in [9.17, 15) is 9.50 Å². The highest BCUT2D eigenvalue weighted by molar-refractivity contribution is 7.12. The van der Waals surface area contributed by atoms with Crippen LogP contribution in [0.25, 0.3) is 0 Å². The number of hydrogen-bond donors (Lipinski definition) is 1. The van der Waals surface area contributed by atoms with Gasteiger partial charge in [-0.2, -0.15) is 0 Å². The van der Waals surface area contributed by atoms with E-state index in [-0.39, 0.29) is 11.2 Å². The van der Waals surface area contributed by atoms with Gasteiger partial charge in [-0.05, 0) is 32.8 Å². The molecule has 0 unspecified atom stereocenters. The van der Waals surface area contributed by atoms with Crippen molar-refractivity contribution in [2.75, 3.05) is 0 Å². The molecule has 0 atom stereocenters. The molecule has 0 aliphatic heterocycles. The van der Waals surface area contributed by atoms with Gasteiger partial charge >= 0.3 is 0 Å². The maximum Gasteiger partial charge on any atom is 0.138 e. The maximum atomic E-state index is 13.9. The fraction of sp³-hybridized carbons (Fsp3) is 0.692. The molecule has 0 amide bonds. The molecule has 1 aromatic rings. The molecule has 0 radical (unpaired) electrons. The van der Waals surface area contributed by atoms with E-state index in [1.54, 1.807) is 13.8 Å². The van der Waals surface area contributed by atoms with E-state index in [0.29, 0.717) is 4.88 Å². The summed E-state index contributed by atoms with van der Waals surface area (Å²) in [6.07, 6.45) is 1.82. The fourth-order valence-electron chi connectivity index (χ4n) is 1.65. The van der Waals surface area contributed by atoms with Crippen molar-refractivity contribution in [1.82, 2.24) is 0 Å². The molecule has 0 bridgehead atoms. The molecule has 1 N–H and O–H groups in total. The second kappa shape index (κ2) is 4.46. The van der Waals surface area contributed by atoms with E-state index in [4.69, 9.17) is 0 Å². The molecule has 0 aromatic carbocycles. The lowest BCUT2D eigenvalue weighted by Crippen LogP contribution is -2.19. The Morgan fingerprint density at radius 3 is 2.06 bits per heavy atom. The van der Waals surface area contributed by atoms with Gasteiger partial charge in [0.1, 0.15) is 5.82 Å². The number of rotatable bonds is 4. The molecule has 0 fully saturated rings. The number of thiophene rings is 1. The maximum absolute atomic E-state index is 13.9. The SMILES string of the molecule is CCC(C)(CC)c1sc(C(C)(C)O)cc1F. The monoisotopic (exact) mass is 244 g/mol. The second-order valence-corrected chi connectivity index (χ2v) is 6.17. The Morgan fingerprint density at radius 2 is 1.75 bits per heavy atom. The standard InChI is InChI=1S/C13H21FOS/c1-6-13(5,7-2)11-9(14)8-10(16-11)12(3,4)15/h8,15H,6-7H2,1-5H3. The third-order valence-corrected chi connectivity index (χ3v) is 5.13. The Kier molecular flexibility index (Phi) is 3.80. The van der Waals surface area contributed by atoms with Crippen LogP contribution >= 0.6 is 11.3 Å². The van der Waals surface area contributed by atoms with Gasteiger partial charge in [0.05, 0.1) is 5.60 Å². The molecule has 3 heteroatoms. The van der Waals surface area contributed by atoms with Crippen molar-refractivity contribution in [3.05, 3.63) is 21.6 Å². The molecule has 0 saturated heterocycles. The Bertz CT molecular complexity index is 358. The van der Waals surface area contributed by atoms with Crippen molar-refractivity contribution in [3.8, 4) is 0 Å². The summed E-state index contributed by atoms with van der Waals surface area (Å²) >= 11 is 1.40. The Labute approximate surface area is 101 Å². The van der Waals surface area contributed by atoms with Gasteiger partial charge in [-0.25, -0.2) is 4.39 Å². The third-order valence-electron chi connectivity index (χ3n) is 3.40. The minimum Gasteiger partial charge on any atom is -0.385 e. The first kappa shape index (κ1) is 13.7. The van der Waals surface area contributed by atoms with Gasteiger partial charge in [0.2, 0.25) is 0 Å². The predicted molar refractivity (Wildman–Crippen MR) is 67.5 cm³/mol. The van der Waals surface area contributed by atoms with Crippen LogP contribution in [0.3, 0.4) is 0 Å². The van der Waals surface area contributed by atoms with Crippen LogP contribution in [0, 0.1) is 5.82 Å². The van der Waals surface area contributed by atoms with Gasteiger partial charge < -0.3 is 5.11 Å². The van der Waals surface area contributed by atoms with Gasteiger partial charge in [-0.15, -0.1) is 11.3 Å². The fourth-order valence-corrected chi connectivity index (χ4v) is 2.98. The lowest BCUT2D eigenvalue weighted by atomic mass is 9.83. The van der Waals surface area contributed by atoms with Gasteiger partial charge in [-0.1, -0.05) is 20.8 Å². The van der Waals surface area contributed by atoms with Crippen LogP contribution < -0.4 is 0 Å². The highest BCUT2D eigenvalue weighted by Crippen LogP contribution is 2.40. The van der Waals surface area contributed by atoms with Crippen molar-refractivity contribution >= 4 is 11.3 Å². The average Bonchev–Trinajstić information content (AvgIpc) is 2.59. The topological polar surface area (TPSA) is 20.2 Å². The molecule has 92 valence electrons. The number of hydrogen-bond acceptors (Lipinski definition) is 2. The summed E-state index contributed by atoms with van der Waals surface area (Å²) in [5.41, 5.74) is -1.07. The molecule has 1 rings (SSSR count). The lowest BCUT2D eigenvalue weighted by molar-refractivity contribution is 0.0823. The molecule has 0 saturated carbocycles. The summed E-state index contributed by atoms with van der Waals surface area (Å²) in [4.78, 5) is 1.47. The Balaban J connectivity index is 3.21. The first-order valence-corrected chi connectivity index (χ1v) is 6.59. The first-order valence-electron chi connectivity index (χ1n) is 5.77. The molecule has 1 nitrogen and oxygen atoms in total. The summed E-state index contributed by atoms with van der Waals surface area (Å²) in [5, 5.41) is 9.88. The molecule has 0 spiro atoms. The third kappa shape index (κ3) is 2.46. The quantitative estimate of drug-likeness (QED) is 0.842. The smallest absolute Gasteiger partial charge is 0.138 e. The van der Waals surface area contributed by atoms with Crippen LogP contribution in [-0.4, -0.2) is 5.11 Å². The summed E-state index contributed by atoms with van der Waals surface area (Å²) < 4.78 is 13.9. The summed E-state index contributed by atoms with van der Waals surface area (Å²) in [6, 6.07) is 1.48. The van der Waals surface area contributed by atoms with Gasteiger partial charge in [-0.3, -0.25) is 0 Å². The van der Waals surface area contributed by atoms with Crippen LogP contribution in [0.15, 0.2) is 6.07 Å².